The van der Waals surface area contributed by atoms with E-state index in [-0.39, 0.29) is 5.82 Å². The van der Waals surface area contributed by atoms with Gasteiger partial charge in [0.05, 0.1) is 5.69 Å². The third-order valence-electron chi connectivity index (χ3n) is 7.22. The molecule has 0 amide bonds. The van der Waals surface area contributed by atoms with Crippen LogP contribution in [0.5, 0.6) is 0 Å². The van der Waals surface area contributed by atoms with Gasteiger partial charge in [0.15, 0.2) is 0 Å². The molecular formula is C24H31FN4. The molecule has 2 saturated carbocycles. The Balaban J connectivity index is 1.12. The molecule has 0 bridgehead atoms. The van der Waals surface area contributed by atoms with Crippen molar-refractivity contribution in [1.29, 1.82) is 0 Å². The molecule has 29 heavy (non-hydrogen) atoms. The standard InChI is InChI=1S/C24H31FN4/c25-21-8-6-18(7-9-21)23-10-11-24(28-27-23)26-22-12-19-15-29(16-20(19)13-22)14-17-4-2-1-3-5-17/h6-11,17,19-20,22H,1-5,12-16H2,(H,26,28)/t19-,20+,22?. The Morgan fingerprint density at radius 1 is 0.897 bits per heavy atom. The summed E-state index contributed by atoms with van der Waals surface area (Å²) in [7, 11) is 0. The normalized spacial score (nSPS) is 27.8. The van der Waals surface area contributed by atoms with Crippen LogP contribution < -0.4 is 5.32 Å². The van der Waals surface area contributed by atoms with Crippen LogP contribution in [0.15, 0.2) is 36.4 Å². The summed E-state index contributed by atoms with van der Waals surface area (Å²) in [6.45, 7) is 3.91. The first-order valence-corrected chi connectivity index (χ1v) is 11.3. The first-order chi connectivity index (χ1) is 14.2. The number of hydrogen-bond acceptors (Lipinski definition) is 4. The molecular weight excluding hydrogens is 363 g/mol. The van der Waals surface area contributed by atoms with Gasteiger partial charge in [0.1, 0.15) is 11.6 Å². The highest BCUT2D eigenvalue weighted by Crippen LogP contribution is 2.40. The number of halogens is 1. The largest absolute Gasteiger partial charge is 0.366 e. The molecule has 3 fully saturated rings. The number of rotatable bonds is 5. The molecule has 1 aromatic heterocycles. The number of likely N-dealkylation sites (tertiary alicyclic amines) is 1. The molecule has 4 nitrogen and oxygen atoms in total. The number of nitrogens with one attached hydrogen (secondary N) is 1. The van der Waals surface area contributed by atoms with Crippen LogP contribution in [0.1, 0.15) is 44.9 Å². The molecule has 2 aliphatic carbocycles. The Bertz CT molecular complexity index is 787. The molecule has 1 unspecified atom stereocenters. The second-order valence-electron chi connectivity index (χ2n) is 9.37. The van der Waals surface area contributed by atoms with Gasteiger partial charge in [-0.25, -0.2) is 4.39 Å². The van der Waals surface area contributed by atoms with E-state index >= 15 is 0 Å². The summed E-state index contributed by atoms with van der Waals surface area (Å²) in [6.07, 6.45) is 9.71. The Morgan fingerprint density at radius 3 is 2.28 bits per heavy atom. The Hall–Kier alpha value is -2.01. The highest BCUT2D eigenvalue weighted by Gasteiger charge is 2.41. The van der Waals surface area contributed by atoms with Crippen molar-refractivity contribution in [2.24, 2.45) is 17.8 Å². The molecule has 1 saturated heterocycles. The fourth-order valence-corrected chi connectivity index (χ4v) is 5.79. The molecule has 1 N–H and O–H groups in total. The third-order valence-corrected chi connectivity index (χ3v) is 7.22. The molecule has 5 heteroatoms. The van der Waals surface area contributed by atoms with Gasteiger partial charge in [-0.2, -0.15) is 0 Å². The molecule has 3 atom stereocenters. The summed E-state index contributed by atoms with van der Waals surface area (Å²) in [5.74, 6) is 3.24. The first kappa shape index (κ1) is 19.0. The van der Waals surface area contributed by atoms with Gasteiger partial charge in [-0.3, -0.25) is 0 Å². The van der Waals surface area contributed by atoms with E-state index in [1.54, 1.807) is 12.1 Å². The van der Waals surface area contributed by atoms with Crippen LogP contribution in [-0.2, 0) is 0 Å². The van der Waals surface area contributed by atoms with Gasteiger partial charge in [-0.1, -0.05) is 19.3 Å². The summed E-state index contributed by atoms with van der Waals surface area (Å²) < 4.78 is 13.1. The van der Waals surface area contributed by atoms with Crippen LogP contribution in [0.25, 0.3) is 11.3 Å². The second kappa shape index (κ2) is 8.39. The minimum atomic E-state index is -0.232. The summed E-state index contributed by atoms with van der Waals surface area (Å²) in [6, 6.07) is 10.9. The van der Waals surface area contributed by atoms with Crippen LogP contribution in [-0.4, -0.2) is 40.8 Å². The van der Waals surface area contributed by atoms with Crippen molar-refractivity contribution in [3.8, 4) is 11.3 Å². The van der Waals surface area contributed by atoms with Crippen LogP contribution in [0.3, 0.4) is 0 Å². The monoisotopic (exact) mass is 394 g/mol. The number of anilines is 1. The van der Waals surface area contributed by atoms with Crippen molar-refractivity contribution in [2.75, 3.05) is 25.0 Å². The summed E-state index contributed by atoms with van der Waals surface area (Å²) >= 11 is 0. The van der Waals surface area contributed by atoms with Crippen molar-refractivity contribution in [3.63, 3.8) is 0 Å². The predicted molar refractivity (Wildman–Crippen MR) is 114 cm³/mol. The molecule has 3 aliphatic rings. The van der Waals surface area contributed by atoms with Crippen LogP contribution >= 0.6 is 0 Å². The first-order valence-electron chi connectivity index (χ1n) is 11.3. The molecule has 2 aromatic rings. The zero-order valence-electron chi connectivity index (χ0n) is 17.1. The van der Waals surface area contributed by atoms with E-state index in [9.17, 15) is 4.39 Å². The van der Waals surface area contributed by atoms with Crippen molar-refractivity contribution in [1.82, 2.24) is 15.1 Å². The van der Waals surface area contributed by atoms with Gasteiger partial charge in [-0.15, -0.1) is 10.2 Å². The maximum atomic E-state index is 13.1. The predicted octanol–water partition coefficient (Wildman–Crippen LogP) is 4.99. The maximum Gasteiger partial charge on any atom is 0.148 e. The minimum Gasteiger partial charge on any atom is -0.366 e. The quantitative estimate of drug-likeness (QED) is 0.776. The van der Waals surface area contributed by atoms with Crippen LogP contribution in [0.2, 0.25) is 0 Å². The topological polar surface area (TPSA) is 41.0 Å². The zero-order chi connectivity index (χ0) is 19.6. The van der Waals surface area contributed by atoms with Gasteiger partial charge in [0, 0.05) is 31.2 Å². The smallest absolute Gasteiger partial charge is 0.148 e. The van der Waals surface area contributed by atoms with Gasteiger partial charge in [0.2, 0.25) is 0 Å². The SMILES string of the molecule is Fc1ccc(-c2ccc(NC3C[C@@H]4CN(CC5CCCCC5)C[C@@H]4C3)nn2)cc1. The number of hydrogen-bond donors (Lipinski definition) is 1. The molecule has 0 radical (unpaired) electrons. The van der Waals surface area contributed by atoms with E-state index in [1.165, 1.54) is 76.7 Å². The van der Waals surface area contributed by atoms with Gasteiger partial charge >= 0.3 is 0 Å². The molecule has 1 aromatic carbocycles. The molecule has 2 heterocycles. The van der Waals surface area contributed by atoms with E-state index in [1.807, 2.05) is 12.1 Å². The van der Waals surface area contributed by atoms with E-state index in [4.69, 9.17) is 0 Å². The Morgan fingerprint density at radius 2 is 1.62 bits per heavy atom. The van der Waals surface area contributed by atoms with Gasteiger partial charge in [0.25, 0.3) is 0 Å². The van der Waals surface area contributed by atoms with Crippen LogP contribution in [0.4, 0.5) is 10.2 Å². The summed E-state index contributed by atoms with van der Waals surface area (Å²) in [4.78, 5) is 2.75. The average Bonchev–Trinajstić information content (AvgIpc) is 3.28. The zero-order valence-corrected chi connectivity index (χ0v) is 17.1. The van der Waals surface area contributed by atoms with Crippen molar-refractivity contribution < 1.29 is 4.39 Å². The number of fused-ring (bicyclic) bond motifs is 1. The fraction of sp³-hybridized carbons (Fsp3) is 0.583. The third kappa shape index (κ3) is 4.45. The molecule has 1 aliphatic heterocycles. The lowest BCUT2D eigenvalue weighted by Crippen LogP contribution is -2.30. The van der Waals surface area contributed by atoms with E-state index < -0.39 is 0 Å². The average molecular weight is 395 g/mol. The lowest BCUT2D eigenvalue weighted by atomic mass is 9.89. The number of nitrogens with zero attached hydrogens (tertiary/aromatic N) is 3. The van der Waals surface area contributed by atoms with Gasteiger partial charge in [-0.05, 0) is 79.8 Å². The Labute approximate surface area is 172 Å². The van der Waals surface area contributed by atoms with Gasteiger partial charge < -0.3 is 10.2 Å². The number of benzene rings is 1. The lowest BCUT2D eigenvalue weighted by Gasteiger charge is -2.27. The van der Waals surface area contributed by atoms with Crippen molar-refractivity contribution in [3.05, 3.63) is 42.2 Å². The summed E-state index contributed by atoms with van der Waals surface area (Å²) in [5.41, 5.74) is 1.66. The Kier molecular flexibility index (Phi) is 5.49. The maximum absolute atomic E-state index is 13.1. The highest BCUT2D eigenvalue weighted by molar-refractivity contribution is 5.59. The minimum absolute atomic E-state index is 0.232. The molecule has 0 spiro atoms. The lowest BCUT2D eigenvalue weighted by molar-refractivity contribution is 0.221. The summed E-state index contributed by atoms with van der Waals surface area (Å²) in [5, 5.41) is 12.3. The molecule has 154 valence electrons. The van der Waals surface area contributed by atoms with Crippen molar-refractivity contribution >= 4 is 5.82 Å². The van der Waals surface area contributed by atoms with Crippen molar-refractivity contribution in [2.45, 2.75) is 51.0 Å². The number of aromatic nitrogens is 2. The fourth-order valence-electron chi connectivity index (χ4n) is 5.79. The second-order valence-corrected chi connectivity index (χ2v) is 9.37. The molecule has 5 rings (SSSR count). The highest BCUT2D eigenvalue weighted by atomic mass is 19.1. The van der Waals surface area contributed by atoms with E-state index in [0.29, 0.717) is 6.04 Å². The van der Waals surface area contributed by atoms with Crippen LogP contribution in [0, 0.1) is 23.6 Å². The van der Waals surface area contributed by atoms with E-state index in [2.05, 4.69) is 20.4 Å². The van der Waals surface area contributed by atoms with E-state index in [0.717, 1.165) is 34.8 Å².